The number of carbonyl (C=O) groups is 1. The van der Waals surface area contributed by atoms with Crippen molar-refractivity contribution in [2.75, 3.05) is 11.6 Å². The van der Waals surface area contributed by atoms with Crippen LogP contribution in [-0.2, 0) is 17.8 Å². The summed E-state index contributed by atoms with van der Waals surface area (Å²) in [6.45, 7) is 8.06. The minimum absolute atomic E-state index is 0.00207. The number of carbonyl (C=O) groups excluding carboxylic acids is 1. The highest BCUT2D eigenvalue weighted by molar-refractivity contribution is 6.32. The van der Waals surface area contributed by atoms with Crippen LogP contribution in [0.5, 0.6) is 11.5 Å². The molecule has 37 heavy (non-hydrogen) atoms. The number of non-ortho nitro benzene ring substituents is 1. The summed E-state index contributed by atoms with van der Waals surface area (Å²) in [5, 5.41) is 17.0. The number of nitro benzene ring substituents is 1. The van der Waals surface area contributed by atoms with Crippen molar-refractivity contribution in [2.24, 2.45) is 5.10 Å². The number of hydrogen-bond acceptors (Lipinski definition) is 6. The van der Waals surface area contributed by atoms with Crippen molar-refractivity contribution in [2.45, 2.75) is 26.9 Å². The largest absolute Gasteiger partial charge is 0.490 e. The van der Waals surface area contributed by atoms with Crippen LogP contribution < -0.4 is 14.5 Å². The smallest absolute Gasteiger partial charge is 0.280 e. The quantitative estimate of drug-likeness (QED) is 0.146. The maximum absolute atomic E-state index is 13.2. The summed E-state index contributed by atoms with van der Waals surface area (Å²) in [5.41, 5.74) is 4.04. The van der Waals surface area contributed by atoms with Crippen LogP contribution in [-0.4, -0.2) is 23.1 Å². The number of nitrogens with zero attached hydrogens (tertiary/aromatic N) is 3. The number of nitro groups is 1. The molecule has 3 aromatic carbocycles. The maximum atomic E-state index is 13.2. The van der Waals surface area contributed by atoms with Gasteiger partial charge in [-0.1, -0.05) is 36.4 Å². The third-order valence-corrected chi connectivity index (χ3v) is 5.70. The first-order valence-electron chi connectivity index (χ1n) is 11.8. The molecule has 0 aromatic heterocycles. The van der Waals surface area contributed by atoms with Gasteiger partial charge in [-0.05, 0) is 61.7 Å². The predicted molar refractivity (Wildman–Crippen MR) is 144 cm³/mol. The highest BCUT2D eigenvalue weighted by Gasteiger charge is 2.28. The van der Waals surface area contributed by atoms with E-state index in [9.17, 15) is 14.9 Å². The molecule has 4 rings (SSSR count). The summed E-state index contributed by atoms with van der Waals surface area (Å²) < 4.78 is 12.0. The van der Waals surface area contributed by atoms with Gasteiger partial charge in [0, 0.05) is 17.7 Å². The second-order valence-corrected chi connectivity index (χ2v) is 8.34. The standard InChI is InChI=1S/C29H27N3O5/c1-4-10-23-15-22(17-26-20(3)30-31(29(26)33)24-12-7-6-8-13-24)18-27(36-5-2)28(23)37-19-21-11-9-14-25(16-21)32(34)35/h4,6-9,11-18H,1,5,10,19H2,2-3H3/b26-17+. The predicted octanol–water partition coefficient (Wildman–Crippen LogP) is 6.11. The molecule has 8 nitrogen and oxygen atoms in total. The second kappa shape index (κ2) is 11.3. The monoisotopic (exact) mass is 497 g/mol. The number of hydrazone groups is 1. The van der Waals surface area contributed by atoms with E-state index in [0.717, 1.165) is 11.1 Å². The van der Waals surface area contributed by atoms with E-state index in [1.165, 1.54) is 17.1 Å². The average molecular weight is 498 g/mol. The van der Waals surface area contributed by atoms with Crippen LogP contribution in [0.4, 0.5) is 11.4 Å². The van der Waals surface area contributed by atoms with Crippen LogP contribution in [0.2, 0.25) is 0 Å². The molecule has 0 N–H and O–H groups in total. The molecule has 188 valence electrons. The average Bonchev–Trinajstić information content (AvgIpc) is 3.17. The summed E-state index contributed by atoms with van der Waals surface area (Å²) in [6, 6.07) is 19.3. The van der Waals surface area contributed by atoms with Gasteiger partial charge in [-0.15, -0.1) is 6.58 Å². The molecule has 1 aliphatic heterocycles. The van der Waals surface area contributed by atoms with Gasteiger partial charge in [0.1, 0.15) is 6.61 Å². The van der Waals surface area contributed by atoms with E-state index >= 15 is 0 Å². The molecule has 0 aliphatic carbocycles. The lowest BCUT2D eigenvalue weighted by molar-refractivity contribution is -0.384. The normalized spacial score (nSPS) is 14.0. The van der Waals surface area contributed by atoms with E-state index in [4.69, 9.17) is 9.47 Å². The van der Waals surface area contributed by atoms with Gasteiger partial charge in [-0.3, -0.25) is 14.9 Å². The van der Waals surface area contributed by atoms with E-state index in [2.05, 4.69) is 11.7 Å². The summed E-state index contributed by atoms with van der Waals surface area (Å²) in [6.07, 6.45) is 4.05. The van der Waals surface area contributed by atoms with Gasteiger partial charge < -0.3 is 9.47 Å². The Morgan fingerprint density at radius 1 is 1.08 bits per heavy atom. The van der Waals surface area contributed by atoms with Crippen molar-refractivity contribution < 1.29 is 19.2 Å². The minimum atomic E-state index is -0.435. The number of rotatable bonds is 10. The molecule has 3 aromatic rings. The fourth-order valence-corrected chi connectivity index (χ4v) is 4.01. The van der Waals surface area contributed by atoms with Gasteiger partial charge in [0.15, 0.2) is 11.5 Å². The third kappa shape index (κ3) is 5.75. The SMILES string of the molecule is C=CCc1cc(/C=C2/C(=O)N(c3ccccc3)N=C2C)cc(OCC)c1OCc1cccc([N+](=O)[O-])c1. The van der Waals surface area contributed by atoms with Crippen LogP contribution in [0.25, 0.3) is 6.08 Å². The second-order valence-electron chi connectivity index (χ2n) is 8.34. The van der Waals surface area contributed by atoms with Gasteiger partial charge in [0.2, 0.25) is 0 Å². The number of benzene rings is 3. The first-order valence-corrected chi connectivity index (χ1v) is 11.8. The molecule has 0 radical (unpaired) electrons. The van der Waals surface area contributed by atoms with Crippen LogP contribution >= 0.6 is 0 Å². The Balaban J connectivity index is 1.67. The Morgan fingerprint density at radius 2 is 1.86 bits per heavy atom. The Labute approximate surface area is 215 Å². The van der Waals surface area contributed by atoms with Crippen molar-refractivity contribution >= 4 is 29.1 Å². The van der Waals surface area contributed by atoms with Crippen LogP contribution in [0.1, 0.15) is 30.5 Å². The molecule has 1 heterocycles. The number of amides is 1. The molecule has 0 saturated carbocycles. The van der Waals surface area contributed by atoms with Crippen molar-refractivity contribution in [3.63, 3.8) is 0 Å². The molecular weight excluding hydrogens is 470 g/mol. The highest BCUT2D eigenvalue weighted by atomic mass is 16.6. The van der Waals surface area contributed by atoms with E-state index in [1.54, 1.807) is 31.2 Å². The first kappa shape index (κ1) is 25.4. The number of para-hydroxylation sites is 1. The van der Waals surface area contributed by atoms with Crippen molar-refractivity contribution in [1.82, 2.24) is 0 Å². The Kier molecular flexibility index (Phi) is 7.78. The Bertz CT molecular complexity index is 1400. The third-order valence-electron chi connectivity index (χ3n) is 5.70. The lowest BCUT2D eigenvalue weighted by Gasteiger charge is -2.17. The van der Waals surface area contributed by atoms with Gasteiger partial charge in [0.05, 0.1) is 28.5 Å². The fourth-order valence-electron chi connectivity index (χ4n) is 4.01. The zero-order valence-corrected chi connectivity index (χ0v) is 20.7. The van der Waals surface area contributed by atoms with Gasteiger partial charge >= 0.3 is 0 Å². The number of anilines is 1. The van der Waals surface area contributed by atoms with E-state index < -0.39 is 4.92 Å². The maximum Gasteiger partial charge on any atom is 0.280 e. The first-order chi connectivity index (χ1) is 17.9. The fraction of sp³-hybridized carbons (Fsp3) is 0.172. The summed E-state index contributed by atoms with van der Waals surface area (Å²) >= 11 is 0. The molecule has 0 unspecified atom stereocenters. The van der Waals surface area contributed by atoms with Crippen LogP contribution in [0.3, 0.4) is 0 Å². The minimum Gasteiger partial charge on any atom is -0.490 e. The number of hydrogen-bond donors (Lipinski definition) is 0. The number of allylic oxidation sites excluding steroid dienone is 1. The molecule has 0 fully saturated rings. The summed E-state index contributed by atoms with van der Waals surface area (Å²) in [7, 11) is 0. The van der Waals surface area contributed by atoms with Crippen molar-refractivity contribution in [3.8, 4) is 11.5 Å². The molecular formula is C29H27N3O5. The molecule has 1 aliphatic rings. The zero-order chi connectivity index (χ0) is 26.4. The summed E-state index contributed by atoms with van der Waals surface area (Å²) in [4.78, 5) is 23.9. The zero-order valence-electron chi connectivity index (χ0n) is 20.7. The van der Waals surface area contributed by atoms with E-state index in [-0.39, 0.29) is 18.2 Å². The highest BCUT2D eigenvalue weighted by Crippen LogP contribution is 2.36. The molecule has 0 bridgehead atoms. The molecule has 8 heteroatoms. The number of ether oxygens (including phenoxy) is 2. The Morgan fingerprint density at radius 3 is 2.57 bits per heavy atom. The Hall–Kier alpha value is -4.72. The van der Waals surface area contributed by atoms with Crippen molar-refractivity contribution in [3.05, 3.63) is 112 Å². The topological polar surface area (TPSA) is 94.3 Å². The summed E-state index contributed by atoms with van der Waals surface area (Å²) in [5.74, 6) is 0.835. The molecule has 0 saturated heterocycles. The van der Waals surface area contributed by atoms with E-state index in [1.807, 2.05) is 49.4 Å². The van der Waals surface area contributed by atoms with E-state index in [0.29, 0.717) is 47.1 Å². The lowest BCUT2D eigenvalue weighted by Crippen LogP contribution is -2.21. The molecule has 0 spiro atoms. The van der Waals surface area contributed by atoms with Gasteiger partial charge in [-0.25, -0.2) is 0 Å². The van der Waals surface area contributed by atoms with Gasteiger partial charge in [-0.2, -0.15) is 10.1 Å². The van der Waals surface area contributed by atoms with Gasteiger partial charge in [0.25, 0.3) is 11.6 Å². The lowest BCUT2D eigenvalue weighted by atomic mass is 10.0. The molecule has 0 atom stereocenters. The van der Waals surface area contributed by atoms with Crippen LogP contribution in [0, 0.1) is 10.1 Å². The van der Waals surface area contributed by atoms with Crippen LogP contribution in [0.15, 0.2) is 90.1 Å². The van der Waals surface area contributed by atoms with Crippen molar-refractivity contribution in [1.29, 1.82) is 0 Å². The molecule has 1 amide bonds.